The maximum Gasteiger partial charge on any atom is 0.0638 e. The Labute approximate surface area is 63.2 Å². The summed E-state index contributed by atoms with van der Waals surface area (Å²) in [6, 6.07) is 2.47. The molecule has 0 saturated heterocycles. The molecule has 0 fully saturated rings. The Bertz CT molecular complexity index is 113. The van der Waals surface area contributed by atoms with Gasteiger partial charge in [0, 0.05) is 6.04 Å². The first-order valence-electron chi connectivity index (χ1n) is 3.77. The molecule has 0 aliphatic carbocycles. The predicted molar refractivity (Wildman–Crippen MR) is 42.5 cm³/mol. The van der Waals surface area contributed by atoms with Crippen LogP contribution in [0.25, 0.3) is 0 Å². The lowest BCUT2D eigenvalue weighted by Crippen LogP contribution is -2.29. The van der Waals surface area contributed by atoms with Crippen LogP contribution < -0.4 is 5.32 Å². The average Bonchev–Trinajstić information content (AvgIpc) is 1.85. The van der Waals surface area contributed by atoms with Crippen LogP contribution in [0.1, 0.15) is 27.2 Å². The largest absolute Gasteiger partial charge is 0.313 e. The van der Waals surface area contributed by atoms with Crippen molar-refractivity contribution in [2.24, 2.45) is 5.92 Å². The number of nitriles is 1. The van der Waals surface area contributed by atoms with Gasteiger partial charge < -0.3 is 5.32 Å². The zero-order chi connectivity index (χ0) is 7.98. The minimum absolute atomic E-state index is 0.340. The third-order valence-corrected chi connectivity index (χ3v) is 1.27. The molecule has 2 heteroatoms. The number of nitrogens with zero attached hydrogens (tertiary/aromatic N) is 1. The first-order chi connectivity index (χ1) is 4.66. The number of hydrogen-bond donors (Lipinski definition) is 1. The van der Waals surface area contributed by atoms with Crippen LogP contribution in [0.4, 0.5) is 0 Å². The molecule has 0 amide bonds. The second-order valence-electron chi connectivity index (χ2n) is 3.07. The molecule has 0 aliphatic heterocycles. The molecular weight excluding hydrogens is 124 g/mol. The molecule has 0 aromatic rings. The SMILES string of the molecule is CC(C)CNC(C)CC#N. The highest BCUT2D eigenvalue weighted by Gasteiger charge is 1.99. The van der Waals surface area contributed by atoms with Gasteiger partial charge in [0.15, 0.2) is 0 Å². The minimum atomic E-state index is 0.340. The molecule has 0 saturated carbocycles. The van der Waals surface area contributed by atoms with Gasteiger partial charge in [-0.2, -0.15) is 5.26 Å². The summed E-state index contributed by atoms with van der Waals surface area (Å²) in [6.07, 6.45) is 0.604. The van der Waals surface area contributed by atoms with Gasteiger partial charge in [0.2, 0.25) is 0 Å². The van der Waals surface area contributed by atoms with E-state index in [0.29, 0.717) is 18.4 Å². The molecule has 0 aromatic carbocycles. The molecule has 1 unspecified atom stereocenters. The molecular formula is C8H16N2. The number of rotatable bonds is 4. The van der Waals surface area contributed by atoms with E-state index in [1.54, 1.807) is 0 Å². The van der Waals surface area contributed by atoms with Crippen molar-refractivity contribution in [2.45, 2.75) is 33.2 Å². The van der Waals surface area contributed by atoms with E-state index in [-0.39, 0.29) is 0 Å². The topological polar surface area (TPSA) is 35.8 Å². The van der Waals surface area contributed by atoms with E-state index in [9.17, 15) is 0 Å². The Morgan fingerprint density at radius 2 is 2.00 bits per heavy atom. The van der Waals surface area contributed by atoms with Crippen LogP contribution in [-0.4, -0.2) is 12.6 Å². The Morgan fingerprint density at radius 3 is 2.40 bits per heavy atom. The maximum atomic E-state index is 8.31. The second kappa shape index (κ2) is 5.25. The number of hydrogen-bond acceptors (Lipinski definition) is 2. The van der Waals surface area contributed by atoms with Gasteiger partial charge in [-0.25, -0.2) is 0 Å². The normalized spacial score (nSPS) is 13.1. The zero-order valence-electron chi connectivity index (χ0n) is 7.02. The molecule has 0 rings (SSSR count). The van der Waals surface area contributed by atoms with Crippen molar-refractivity contribution < 1.29 is 0 Å². The molecule has 0 aromatic heterocycles. The fourth-order valence-corrected chi connectivity index (χ4v) is 0.646. The fraction of sp³-hybridized carbons (Fsp3) is 0.875. The van der Waals surface area contributed by atoms with E-state index < -0.39 is 0 Å². The van der Waals surface area contributed by atoms with E-state index >= 15 is 0 Å². The van der Waals surface area contributed by atoms with Crippen molar-refractivity contribution in [3.8, 4) is 6.07 Å². The van der Waals surface area contributed by atoms with E-state index in [2.05, 4.69) is 25.2 Å². The predicted octanol–water partition coefficient (Wildman–Crippen LogP) is 1.53. The summed E-state index contributed by atoms with van der Waals surface area (Å²) < 4.78 is 0. The summed E-state index contributed by atoms with van der Waals surface area (Å²) in [6.45, 7) is 7.35. The summed E-state index contributed by atoms with van der Waals surface area (Å²) >= 11 is 0. The second-order valence-corrected chi connectivity index (χ2v) is 3.07. The van der Waals surface area contributed by atoms with Gasteiger partial charge in [0.05, 0.1) is 12.5 Å². The summed E-state index contributed by atoms with van der Waals surface area (Å²) in [5.41, 5.74) is 0. The third-order valence-electron chi connectivity index (χ3n) is 1.27. The van der Waals surface area contributed by atoms with Crippen molar-refractivity contribution in [3.05, 3.63) is 0 Å². The van der Waals surface area contributed by atoms with Crippen LogP contribution in [0, 0.1) is 17.2 Å². The molecule has 1 atom stereocenters. The first kappa shape index (κ1) is 9.45. The summed E-state index contributed by atoms with van der Waals surface area (Å²) in [5, 5.41) is 11.6. The summed E-state index contributed by atoms with van der Waals surface area (Å²) in [5.74, 6) is 0.668. The average molecular weight is 140 g/mol. The molecule has 58 valence electrons. The van der Waals surface area contributed by atoms with Crippen molar-refractivity contribution in [2.75, 3.05) is 6.54 Å². The first-order valence-corrected chi connectivity index (χ1v) is 3.77. The van der Waals surface area contributed by atoms with Crippen LogP contribution in [-0.2, 0) is 0 Å². The lowest BCUT2D eigenvalue weighted by Gasteiger charge is -2.11. The van der Waals surface area contributed by atoms with Crippen molar-refractivity contribution in [1.82, 2.24) is 5.32 Å². The molecule has 0 radical (unpaired) electrons. The minimum Gasteiger partial charge on any atom is -0.313 e. The highest BCUT2D eigenvalue weighted by atomic mass is 14.9. The quantitative estimate of drug-likeness (QED) is 0.643. The number of nitrogens with one attached hydrogen (secondary N) is 1. The van der Waals surface area contributed by atoms with E-state index in [1.165, 1.54) is 0 Å². The molecule has 0 aliphatic rings. The van der Waals surface area contributed by atoms with Crippen LogP contribution >= 0.6 is 0 Å². The molecule has 1 N–H and O–H groups in total. The zero-order valence-corrected chi connectivity index (χ0v) is 7.02. The molecule has 0 bridgehead atoms. The lowest BCUT2D eigenvalue weighted by molar-refractivity contribution is 0.488. The van der Waals surface area contributed by atoms with Crippen LogP contribution in [0.5, 0.6) is 0 Å². The lowest BCUT2D eigenvalue weighted by atomic mass is 10.2. The fourth-order valence-electron chi connectivity index (χ4n) is 0.646. The van der Waals surface area contributed by atoms with Gasteiger partial charge in [-0.05, 0) is 19.4 Å². The van der Waals surface area contributed by atoms with Gasteiger partial charge >= 0.3 is 0 Å². The van der Waals surface area contributed by atoms with E-state index in [0.717, 1.165) is 6.54 Å². The van der Waals surface area contributed by atoms with Crippen molar-refractivity contribution in [3.63, 3.8) is 0 Å². The third kappa shape index (κ3) is 5.58. The highest BCUT2D eigenvalue weighted by Crippen LogP contribution is 1.92. The summed E-state index contributed by atoms with van der Waals surface area (Å²) in [4.78, 5) is 0. The monoisotopic (exact) mass is 140 g/mol. The van der Waals surface area contributed by atoms with Gasteiger partial charge in [-0.1, -0.05) is 13.8 Å². The standard InChI is InChI=1S/C8H16N2/c1-7(2)6-10-8(3)4-5-9/h7-8,10H,4,6H2,1-3H3. The molecule has 0 heterocycles. The van der Waals surface area contributed by atoms with Gasteiger partial charge in [-0.15, -0.1) is 0 Å². The van der Waals surface area contributed by atoms with Crippen molar-refractivity contribution in [1.29, 1.82) is 5.26 Å². The van der Waals surface area contributed by atoms with Crippen LogP contribution in [0.2, 0.25) is 0 Å². The van der Waals surface area contributed by atoms with Gasteiger partial charge in [0.1, 0.15) is 0 Å². The smallest absolute Gasteiger partial charge is 0.0638 e. The Morgan fingerprint density at radius 1 is 1.40 bits per heavy atom. The van der Waals surface area contributed by atoms with Crippen LogP contribution in [0.15, 0.2) is 0 Å². The van der Waals surface area contributed by atoms with E-state index in [4.69, 9.17) is 5.26 Å². The molecule has 10 heavy (non-hydrogen) atoms. The van der Waals surface area contributed by atoms with Crippen molar-refractivity contribution >= 4 is 0 Å². The Kier molecular flexibility index (Phi) is 4.96. The maximum absolute atomic E-state index is 8.31. The van der Waals surface area contributed by atoms with E-state index in [1.807, 2.05) is 6.92 Å². The molecule has 0 spiro atoms. The van der Waals surface area contributed by atoms with Crippen LogP contribution in [0.3, 0.4) is 0 Å². The molecule has 2 nitrogen and oxygen atoms in total. The van der Waals surface area contributed by atoms with Gasteiger partial charge in [-0.3, -0.25) is 0 Å². The van der Waals surface area contributed by atoms with Gasteiger partial charge in [0.25, 0.3) is 0 Å². The Hall–Kier alpha value is -0.550. The Balaban J connectivity index is 3.23. The highest BCUT2D eigenvalue weighted by molar-refractivity contribution is 4.77. The summed E-state index contributed by atoms with van der Waals surface area (Å²) in [7, 11) is 0.